The van der Waals surface area contributed by atoms with Crippen LogP contribution < -0.4 is 5.32 Å². The quantitative estimate of drug-likeness (QED) is 0.876. The second-order valence-corrected chi connectivity index (χ2v) is 6.93. The van der Waals surface area contributed by atoms with E-state index in [1.165, 1.54) is 18.3 Å². The number of thiophene rings is 1. The van der Waals surface area contributed by atoms with Gasteiger partial charge in [0.25, 0.3) is 5.91 Å². The second kappa shape index (κ2) is 6.23. The molecule has 6 nitrogen and oxygen atoms in total. The van der Waals surface area contributed by atoms with Gasteiger partial charge in [-0.15, -0.1) is 11.3 Å². The number of aromatic nitrogens is 2. The summed E-state index contributed by atoms with van der Waals surface area (Å²) in [5, 5.41) is 13.0. The number of carbonyl (C=O) groups excluding carboxylic acids is 1. The first kappa shape index (κ1) is 17.3. The van der Waals surface area contributed by atoms with Crippen LogP contribution in [-0.4, -0.2) is 32.5 Å². The van der Waals surface area contributed by atoms with Crippen LogP contribution in [0, 0.1) is 20.8 Å². The molecule has 0 aromatic carbocycles. The lowest BCUT2D eigenvalue weighted by atomic mass is 9.96. The summed E-state index contributed by atoms with van der Waals surface area (Å²) in [4.78, 5) is 34.1. The number of rotatable bonds is 5. The Morgan fingerprint density at radius 3 is 2.48 bits per heavy atom. The van der Waals surface area contributed by atoms with E-state index in [0.29, 0.717) is 23.5 Å². The molecule has 0 aliphatic rings. The molecule has 1 atom stereocenters. The number of hydrogen-bond donors (Lipinski definition) is 2. The average Bonchev–Trinajstić information content (AvgIpc) is 2.75. The summed E-state index contributed by atoms with van der Waals surface area (Å²) in [6, 6.07) is 0. The van der Waals surface area contributed by atoms with Gasteiger partial charge in [0, 0.05) is 11.1 Å². The first-order valence-electron chi connectivity index (χ1n) is 7.50. The van der Waals surface area contributed by atoms with Crippen molar-refractivity contribution in [2.75, 3.05) is 0 Å². The molecule has 0 aliphatic heterocycles. The zero-order valence-electron chi connectivity index (χ0n) is 14.0. The summed E-state index contributed by atoms with van der Waals surface area (Å²) < 4.78 is 0. The van der Waals surface area contributed by atoms with Gasteiger partial charge in [0.15, 0.2) is 0 Å². The van der Waals surface area contributed by atoms with Crippen molar-refractivity contribution in [3.05, 3.63) is 22.0 Å². The average molecular weight is 335 g/mol. The van der Waals surface area contributed by atoms with Gasteiger partial charge in [-0.25, -0.2) is 14.8 Å². The van der Waals surface area contributed by atoms with Crippen LogP contribution in [0.2, 0.25) is 0 Å². The first-order chi connectivity index (χ1) is 10.7. The lowest BCUT2D eigenvalue weighted by molar-refractivity contribution is -0.144. The van der Waals surface area contributed by atoms with E-state index in [-0.39, 0.29) is 5.91 Å². The van der Waals surface area contributed by atoms with Gasteiger partial charge < -0.3 is 10.4 Å². The fraction of sp³-hybridized carbons (Fsp3) is 0.500. The highest BCUT2D eigenvalue weighted by Gasteiger charge is 2.35. The molecule has 0 fully saturated rings. The molecular formula is C16H21N3O3S. The predicted molar refractivity (Wildman–Crippen MR) is 90.0 cm³/mol. The van der Waals surface area contributed by atoms with Gasteiger partial charge in [-0.2, -0.15) is 0 Å². The summed E-state index contributed by atoms with van der Waals surface area (Å²) >= 11 is 1.27. The minimum atomic E-state index is -1.27. The van der Waals surface area contributed by atoms with Gasteiger partial charge in [0.05, 0.1) is 4.88 Å². The maximum absolute atomic E-state index is 12.6. The molecule has 0 radical (unpaired) electrons. The highest BCUT2D eigenvalue weighted by molar-refractivity contribution is 7.20. The Hall–Kier alpha value is -2.02. The standard InChI is InChI=1S/C16H21N3O3S/c1-6-7-16(5,15(21)22)19-13(20)12-8(2)11-9(3)17-10(4)18-14(11)23-12/h6-7H2,1-5H3,(H,19,20)(H,21,22)/t16-/m0/s1. The fourth-order valence-electron chi connectivity index (χ4n) is 2.72. The number of nitrogens with one attached hydrogen (secondary N) is 1. The summed E-state index contributed by atoms with van der Waals surface area (Å²) in [5.74, 6) is -0.747. The molecule has 7 heteroatoms. The Morgan fingerprint density at radius 1 is 1.26 bits per heavy atom. The summed E-state index contributed by atoms with van der Waals surface area (Å²) in [7, 11) is 0. The predicted octanol–water partition coefficient (Wildman–Crippen LogP) is 2.99. The van der Waals surface area contributed by atoms with Gasteiger partial charge in [-0.1, -0.05) is 13.3 Å². The number of aliphatic carboxylic acids is 1. The first-order valence-corrected chi connectivity index (χ1v) is 8.31. The van der Waals surface area contributed by atoms with Crippen molar-refractivity contribution >= 4 is 33.4 Å². The van der Waals surface area contributed by atoms with E-state index in [0.717, 1.165) is 21.5 Å². The third-order valence-electron chi connectivity index (χ3n) is 3.90. The Kier molecular flexibility index (Phi) is 4.70. The zero-order chi connectivity index (χ0) is 17.4. The van der Waals surface area contributed by atoms with Crippen molar-refractivity contribution in [2.24, 2.45) is 0 Å². The van der Waals surface area contributed by atoms with Crippen molar-refractivity contribution in [2.45, 2.75) is 53.0 Å². The highest BCUT2D eigenvalue weighted by atomic mass is 32.1. The van der Waals surface area contributed by atoms with Crippen LogP contribution in [0.4, 0.5) is 0 Å². The number of fused-ring (bicyclic) bond motifs is 1. The van der Waals surface area contributed by atoms with Crippen molar-refractivity contribution in [3.8, 4) is 0 Å². The van der Waals surface area contributed by atoms with Gasteiger partial charge in [-0.05, 0) is 39.7 Å². The van der Waals surface area contributed by atoms with Crippen LogP contribution in [0.1, 0.15) is 53.4 Å². The Balaban J connectivity index is 2.44. The molecule has 2 aromatic rings. The molecule has 0 aliphatic carbocycles. The molecular weight excluding hydrogens is 314 g/mol. The maximum Gasteiger partial charge on any atom is 0.329 e. The molecule has 0 saturated heterocycles. The zero-order valence-corrected chi connectivity index (χ0v) is 14.8. The summed E-state index contributed by atoms with van der Waals surface area (Å²) in [6.45, 7) is 8.96. The van der Waals surface area contributed by atoms with Gasteiger partial charge in [0.1, 0.15) is 16.2 Å². The Bertz CT molecular complexity index is 784. The highest BCUT2D eigenvalue weighted by Crippen LogP contribution is 2.31. The van der Waals surface area contributed by atoms with Crippen LogP contribution in [0.15, 0.2) is 0 Å². The fourth-order valence-corrected chi connectivity index (χ4v) is 3.89. The molecule has 2 N–H and O–H groups in total. The van der Waals surface area contributed by atoms with Crippen molar-refractivity contribution < 1.29 is 14.7 Å². The molecule has 0 unspecified atom stereocenters. The molecule has 23 heavy (non-hydrogen) atoms. The minimum absolute atomic E-state index is 0.371. The molecule has 2 aromatic heterocycles. The largest absolute Gasteiger partial charge is 0.480 e. The van der Waals surface area contributed by atoms with E-state index in [4.69, 9.17) is 0 Å². The molecule has 0 bridgehead atoms. The van der Waals surface area contributed by atoms with Gasteiger partial charge >= 0.3 is 5.97 Å². The number of aryl methyl sites for hydroxylation is 3. The van der Waals surface area contributed by atoms with E-state index in [2.05, 4.69) is 15.3 Å². The lowest BCUT2D eigenvalue weighted by Gasteiger charge is -2.25. The van der Waals surface area contributed by atoms with Crippen LogP contribution in [0.25, 0.3) is 10.2 Å². The third kappa shape index (κ3) is 3.19. The van der Waals surface area contributed by atoms with E-state index in [1.807, 2.05) is 27.7 Å². The SMILES string of the molecule is CCC[C@](C)(NC(=O)c1sc2nc(C)nc(C)c2c1C)C(=O)O. The van der Waals surface area contributed by atoms with Crippen molar-refractivity contribution in [3.63, 3.8) is 0 Å². The topological polar surface area (TPSA) is 92.2 Å². The monoisotopic (exact) mass is 335 g/mol. The van der Waals surface area contributed by atoms with Crippen molar-refractivity contribution in [1.82, 2.24) is 15.3 Å². The molecule has 1 amide bonds. The Labute approximate surface area is 139 Å². The molecule has 0 spiro atoms. The van der Waals surface area contributed by atoms with Crippen molar-refractivity contribution in [1.29, 1.82) is 0 Å². The van der Waals surface area contributed by atoms with E-state index < -0.39 is 11.5 Å². The molecule has 124 valence electrons. The molecule has 2 heterocycles. The molecule has 2 rings (SSSR count). The normalized spacial score (nSPS) is 13.8. The van der Waals surface area contributed by atoms with Crippen LogP contribution in [0.3, 0.4) is 0 Å². The summed E-state index contributed by atoms with van der Waals surface area (Å²) in [5.41, 5.74) is 0.351. The minimum Gasteiger partial charge on any atom is -0.480 e. The van der Waals surface area contributed by atoms with Crippen LogP contribution in [0.5, 0.6) is 0 Å². The van der Waals surface area contributed by atoms with Crippen LogP contribution >= 0.6 is 11.3 Å². The van der Waals surface area contributed by atoms with E-state index in [1.54, 1.807) is 0 Å². The molecule has 0 saturated carbocycles. The smallest absolute Gasteiger partial charge is 0.329 e. The third-order valence-corrected chi connectivity index (χ3v) is 5.08. The summed E-state index contributed by atoms with van der Waals surface area (Å²) in [6.07, 6.45) is 1.04. The van der Waals surface area contributed by atoms with Gasteiger partial charge in [-0.3, -0.25) is 4.79 Å². The number of nitrogens with zero attached hydrogens (tertiary/aromatic N) is 2. The Morgan fingerprint density at radius 2 is 1.91 bits per heavy atom. The van der Waals surface area contributed by atoms with E-state index in [9.17, 15) is 14.7 Å². The number of carboxylic acid groups (broad SMARTS) is 1. The van der Waals surface area contributed by atoms with Gasteiger partial charge in [0.2, 0.25) is 0 Å². The number of carbonyl (C=O) groups is 2. The number of hydrogen-bond acceptors (Lipinski definition) is 5. The second-order valence-electron chi connectivity index (χ2n) is 5.93. The lowest BCUT2D eigenvalue weighted by Crippen LogP contribution is -2.52. The maximum atomic E-state index is 12.6. The van der Waals surface area contributed by atoms with E-state index >= 15 is 0 Å². The number of amides is 1. The number of carboxylic acids is 1. The van der Waals surface area contributed by atoms with Crippen LogP contribution in [-0.2, 0) is 4.79 Å².